The van der Waals surface area contributed by atoms with Crippen molar-refractivity contribution in [2.75, 3.05) is 13.1 Å². The third kappa shape index (κ3) is 4.47. The number of para-hydroxylation sites is 1. The van der Waals surface area contributed by atoms with Crippen molar-refractivity contribution in [2.24, 2.45) is 0 Å². The van der Waals surface area contributed by atoms with E-state index in [9.17, 15) is 9.90 Å². The van der Waals surface area contributed by atoms with Crippen LogP contribution in [-0.2, 0) is 10.3 Å². The van der Waals surface area contributed by atoms with Gasteiger partial charge in [0.05, 0.1) is 22.7 Å². The first-order chi connectivity index (χ1) is 13.9. The van der Waals surface area contributed by atoms with Crippen molar-refractivity contribution in [3.05, 3.63) is 71.9 Å². The summed E-state index contributed by atoms with van der Waals surface area (Å²) in [4.78, 5) is 25.2. The quantitative estimate of drug-likeness (QED) is 0.467. The molecule has 0 aliphatic carbocycles. The highest BCUT2D eigenvalue weighted by Gasteiger charge is 2.43. The lowest BCUT2D eigenvalue weighted by Crippen LogP contribution is -2.61. The lowest BCUT2D eigenvalue weighted by Gasteiger charge is -2.43. The van der Waals surface area contributed by atoms with Crippen molar-refractivity contribution in [3.63, 3.8) is 0 Å². The number of carboxylic acids is 1. The number of carboxylic acid groups (broad SMARTS) is 1. The molecule has 0 saturated carbocycles. The molecule has 7 heteroatoms. The maximum atomic E-state index is 13.1. The number of aromatic nitrogens is 1. The van der Waals surface area contributed by atoms with Crippen molar-refractivity contribution in [1.82, 2.24) is 15.6 Å². The minimum atomic E-state index is -0.833. The molecule has 152 valence electrons. The maximum Gasteiger partial charge on any atom is 0.300 e. The first-order valence-electron chi connectivity index (χ1n) is 9.46. The zero-order valence-corrected chi connectivity index (χ0v) is 16.2. The molecule has 7 nitrogen and oxygen atoms in total. The van der Waals surface area contributed by atoms with Crippen LogP contribution in [0.3, 0.4) is 0 Å². The molecule has 2 aromatic carbocycles. The number of aliphatic hydroxyl groups excluding tert-OH is 1. The Kier molecular flexibility index (Phi) is 6.31. The highest BCUT2D eigenvalue weighted by atomic mass is 16.4. The number of rotatable bonds is 3. The fourth-order valence-corrected chi connectivity index (χ4v) is 3.70. The van der Waals surface area contributed by atoms with E-state index in [1.807, 2.05) is 54.7 Å². The van der Waals surface area contributed by atoms with E-state index >= 15 is 0 Å². The van der Waals surface area contributed by atoms with Crippen molar-refractivity contribution in [1.29, 1.82) is 0 Å². The van der Waals surface area contributed by atoms with Crippen LogP contribution in [0.5, 0.6) is 0 Å². The van der Waals surface area contributed by atoms with Gasteiger partial charge in [-0.1, -0.05) is 42.5 Å². The second-order valence-corrected chi connectivity index (χ2v) is 7.03. The Bertz CT molecular complexity index is 982. The molecule has 5 N–H and O–H groups in total. The molecule has 3 aromatic rings. The summed E-state index contributed by atoms with van der Waals surface area (Å²) in [6, 6.07) is 17.3. The van der Waals surface area contributed by atoms with Gasteiger partial charge in [0.1, 0.15) is 0 Å². The number of hydrogen-bond acceptors (Lipinski definition) is 4. The number of aliphatic hydroxyl groups is 1. The smallest absolute Gasteiger partial charge is 0.300 e. The average Bonchev–Trinajstić information content (AvgIpc) is 3.19. The van der Waals surface area contributed by atoms with Crippen LogP contribution in [0.1, 0.15) is 29.3 Å². The number of aliphatic carboxylic acids is 1. The molecule has 0 unspecified atom stereocenters. The third-order valence-electron chi connectivity index (χ3n) is 5.06. The number of aromatic amines is 1. The largest absolute Gasteiger partial charge is 0.481 e. The SMILES string of the molecule is CC(=O)O.O=C(N[C@]1(c2ccccc2)CCNC[C@H]1O)c1cccc2cc[nH]c12. The van der Waals surface area contributed by atoms with Gasteiger partial charge < -0.3 is 25.8 Å². The lowest BCUT2D eigenvalue weighted by atomic mass is 9.79. The van der Waals surface area contributed by atoms with Gasteiger partial charge in [0.25, 0.3) is 11.9 Å². The number of β-amino-alcohol motifs (C(OH)–C–C–N with tert-alkyl or cyclic N) is 1. The van der Waals surface area contributed by atoms with Gasteiger partial charge in [-0.05, 0) is 30.7 Å². The maximum absolute atomic E-state index is 13.1. The van der Waals surface area contributed by atoms with Crippen LogP contribution in [0.15, 0.2) is 60.8 Å². The summed E-state index contributed by atoms with van der Waals surface area (Å²) in [5.41, 5.74) is 1.53. The first kappa shape index (κ1) is 20.6. The molecule has 0 radical (unpaired) electrons. The molecule has 1 aliphatic heterocycles. The van der Waals surface area contributed by atoms with E-state index in [1.165, 1.54) is 0 Å². The van der Waals surface area contributed by atoms with Gasteiger partial charge in [0.2, 0.25) is 0 Å². The van der Waals surface area contributed by atoms with Crippen LogP contribution in [0.25, 0.3) is 10.9 Å². The van der Waals surface area contributed by atoms with Gasteiger partial charge in [-0.2, -0.15) is 0 Å². The summed E-state index contributed by atoms with van der Waals surface area (Å²) in [5.74, 6) is -1.02. The summed E-state index contributed by atoms with van der Waals surface area (Å²) >= 11 is 0. The van der Waals surface area contributed by atoms with Gasteiger partial charge in [0, 0.05) is 25.1 Å². The van der Waals surface area contributed by atoms with Crippen molar-refractivity contribution in [3.8, 4) is 0 Å². The molecule has 4 rings (SSSR count). The van der Waals surface area contributed by atoms with E-state index in [0.29, 0.717) is 18.5 Å². The van der Waals surface area contributed by atoms with Gasteiger partial charge in [-0.3, -0.25) is 9.59 Å². The van der Waals surface area contributed by atoms with Crippen molar-refractivity contribution >= 4 is 22.8 Å². The number of hydrogen-bond donors (Lipinski definition) is 5. The summed E-state index contributed by atoms with van der Waals surface area (Å²) in [5, 5.41) is 25.5. The van der Waals surface area contributed by atoms with Crippen LogP contribution in [0.4, 0.5) is 0 Å². The molecule has 1 aromatic heterocycles. The number of carbonyl (C=O) groups is 2. The zero-order valence-electron chi connectivity index (χ0n) is 16.2. The second kappa shape index (κ2) is 8.89. The highest BCUT2D eigenvalue weighted by Crippen LogP contribution is 2.32. The van der Waals surface area contributed by atoms with Crippen LogP contribution in [-0.4, -0.2) is 46.3 Å². The molecular formula is C22H25N3O4. The standard InChI is InChI=1S/C20H21N3O2.C2H4O2/c24-17-13-21-12-10-20(17,15-6-2-1-3-7-15)23-19(25)16-8-4-5-14-9-11-22-18(14)16;1-2(3)4/h1-9,11,17,21-22,24H,10,12-13H2,(H,23,25);1H3,(H,3,4)/t17-,20+;/m1./s1. The summed E-state index contributed by atoms with van der Waals surface area (Å²) in [6.07, 6.45) is 1.76. The van der Waals surface area contributed by atoms with Crippen molar-refractivity contribution < 1.29 is 19.8 Å². The normalized spacial score (nSPS) is 21.1. The molecule has 2 atom stereocenters. The van der Waals surface area contributed by atoms with E-state index < -0.39 is 17.6 Å². The van der Waals surface area contributed by atoms with E-state index in [-0.39, 0.29) is 5.91 Å². The van der Waals surface area contributed by atoms with E-state index in [2.05, 4.69) is 15.6 Å². The topological polar surface area (TPSA) is 114 Å². The summed E-state index contributed by atoms with van der Waals surface area (Å²) in [7, 11) is 0. The molecule has 1 saturated heterocycles. The van der Waals surface area contributed by atoms with Crippen LogP contribution < -0.4 is 10.6 Å². The van der Waals surface area contributed by atoms with Crippen LogP contribution in [0.2, 0.25) is 0 Å². The monoisotopic (exact) mass is 395 g/mol. The summed E-state index contributed by atoms with van der Waals surface area (Å²) < 4.78 is 0. The Labute approximate surface area is 168 Å². The third-order valence-corrected chi connectivity index (χ3v) is 5.06. The number of nitrogens with one attached hydrogen (secondary N) is 3. The number of H-pyrrole nitrogens is 1. The summed E-state index contributed by atoms with van der Waals surface area (Å²) in [6.45, 7) is 2.26. The minimum Gasteiger partial charge on any atom is -0.481 e. The highest BCUT2D eigenvalue weighted by molar-refractivity contribution is 6.06. The molecule has 1 fully saturated rings. The Morgan fingerprint density at radius 3 is 2.52 bits per heavy atom. The Morgan fingerprint density at radius 2 is 1.83 bits per heavy atom. The number of amides is 1. The minimum absolute atomic E-state index is 0.183. The number of carbonyl (C=O) groups excluding carboxylic acids is 1. The molecular weight excluding hydrogens is 370 g/mol. The molecule has 0 bridgehead atoms. The van der Waals surface area contributed by atoms with Gasteiger partial charge >= 0.3 is 0 Å². The Morgan fingerprint density at radius 1 is 1.10 bits per heavy atom. The fourth-order valence-electron chi connectivity index (χ4n) is 3.70. The Hall–Kier alpha value is -3.16. The van der Waals surface area contributed by atoms with Gasteiger partial charge in [-0.15, -0.1) is 0 Å². The van der Waals surface area contributed by atoms with E-state index in [0.717, 1.165) is 29.9 Å². The molecule has 29 heavy (non-hydrogen) atoms. The second-order valence-electron chi connectivity index (χ2n) is 7.03. The lowest BCUT2D eigenvalue weighted by molar-refractivity contribution is -0.134. The number of fused-ring (bicyclic) bond motifs is 1. The molecule has 0 spiro atoms. The van der Waals surface area contributed by atoms with E-state index in [1.54, 1.807) is 6.07 Å². The number of piperidine rings is 1. The predicted molar refractivity (Wildman–Crippen MR) is 111 cm³/mol. The zero-order chi connectivity index (χ0) is 20.9. The molecule has 1 amide bonds. The van der Waals surface area contributed by atoms with Gasteiger partial charge in [0.15, 0.2) is 0 Å². The Balaban J connectivity index is 0.000000552. The van der Waals surface area contributed by atoms with E-state index in [4.69, 9.17) is 9.90 Å². The average molecular weight is 395 g/mol. The first-order valence-corrected chi connectivity index (χ1v) is 9.46. The van der Waals surface area contributed by atoms with Crippen LogP contribution in [0, 0.1) is 0 Å². The van der Waals surface area contributed by atoms with Crippen molar-refractivity contribution in [2.45, 2.75) is 25.0 Å². The van der Waals surface area contributed by atoms with Crippen LogP contribution >= 0.6 is 0 Å². The fraction of sp³-hybridized carbons (Fsp3) is 0.273. The number of benzene rings is 2. The predicted octanol–water partition coefficient (Wildman–Crippen LogP) is 2.24. The molecule has 1 aliphatic rings. The molecule has 2 heterocycles. The van der Waals surface area contributed by atoms with Gasteiger partial charge in [-0.25, -0.2) is 0 Å².